The average Bonchev–Trinajstić information content (AvgIpc) is 3.51. The summed E-state index contributed by atoms with van der Waals surface area (Å²) in [7, 11) is 0. The number of nitrogens with zero attached hydrogens (tertiary/aromatic N) is 3. The normalized spacial score (nSPS) is 11.3. The maximum atomic E-state index is 12.5. The number of halogens is 2. The first-order valence-corrected chi connectivity index (χ1v) is 12.5. The minimum absolute atomic E-state index is 0.0309. The summed E-state index contributed by atoms with van der Waals surface area (Å²) in [6, 6.07) is 9.97. The SMILES string of the molecule is C/C(=N\NC(=O)c1ccc(C(=O)NCc2ccnnc2)s1)c1csc(-c2ccc(Cl)c(Cl)c2)c1O. The third-order valence-electron chi connectivity index (χ3n) is 4.81. The number of thiophene rings is 2. The molecule has 178 valence electrons. The van der Waals surface area contributed by atoms with Gasteiger partial charge in [0.05, 0.1) is 42.1 Å². The van der Waals surface area contributed by atoms with E-state index in [1.54, 1.807) is 61.1 Å². The van der Waals surface area contributed by atoms with Crippen LogP contribution in [-0.2, 0) is 6.54 Å². The van der Waals surface area contributed by atoms with E-state index in [0.717, 1.165) is 22.5 Å². The second-order valence-electron chi connectivity index (χ2n) is 7.19. The van der Waals surface area contributed by atoms with Gasteiger partial charge in [-0.3, -0.25) is 9.59 Å². The van der Waals surface area contributed by atoms with Crippen molar-refractivity contribution in [3.8, 4) is 16.2 Å². The average molecular weight is 546 g/mol. The maximum Gasteiger partial charge on any atom is 0.281 e. The van der Waals surface area contributed by atoms with E-state index in [-0.39, 0.29) is 11.7 Å². The van der Waals surface area contributed by atoms with Crippen LogP contribution < -0.4 is 10.7 Å². The van der Waals surface area contributed by atoms with Gasteiger partial charge >= 0.3 is 0 Å². The van der Waals surface area contributed by atoms with Crippen LogP contribution in [0.25, 0.3) is 10.4 Å². The lowest BCUT2D eigenvalue weighted by Gasteiger charge is -2.04. The first-order valence-electron chi connectivity index (χ1n) is 10.1. The van der Waals surface area contributed by atoms with Crippen molar-refractivity contribution < 1.29 is 14.7 Å². The monoisotopic (exact) mass is 545 g/mol. The fourth-order valence-electron chi connectivity index (χ4n) is 2.97. The van der Waals surface area contributed by atoms with Crippen molar-refractivity contribution in [2.75, 3.05) is 0 Å². The molecule has 2 amide bonds. The molecule has 4 rings (SSSR count). The lowest BCUT2D eigenvalue weighted by atomic mass is 10.1. The number of aromatic hydroxyl groups is 1. The summed E-state index contributed by atoms with van der Waals surface area (Å²) < 4.78 is 0. The number of benzene rings is 1. The highest BCUT2D eigenvalue weighted by molar-refractivity contribution is 7.16. The highest BCUT2D eigenvalue weighted by Gasteiger charge is 2.17. The Morgan fingerprint density at radius 2 is 1.83 bits per heavy atom. The van der Waals surface area contributed by atoms with Gasteiger partial charge in [-0.1, -0.05) is 29.3 Å². The summed E-state index contributed by atoms with van der Waals surface area (Å²) in [6.07, 6.45) is 3.11. The zero-order chi connectivity index (χ0) is 24.9. The van der Waals surface area contributed by atoms with Gasteiger partial charge in [0.1, 0.15) is 5.75 Å². The molecular formula is C23H17Cl2N5O3S2. The van der Waals surface area contributed by atoms with Gasteiger partial charge in [0, 0.05) is 18.1 Å². The van der Waals surface area contributed by atoms with Crippen LogP contribution in [0, 0.1) is 0 Å². The molecule has 35 heavy (non-hydrogen) atoms. The molecule has 0 spiro atoms. The molecule has 3 N–H and O–H groups in total. The van der Waals surface area contributed by atoms with Gasteiger partial charge < -0.3 is 10.4 Å². The van der Waals surface area contributed by atoms with E-state index >= 15 is 0 Å². The van der Waals surface area contributed by atoms with Gasteiger partial charge in [-0.25, -0.2) is 5.43 Å². The molecule has 0 radical (unpaired) electrons. The van der Waals surface area contributed by atoms with E-state index in [0.29, 0.717) is 42.5 Å². The van der Waals surface area contributed by atoms with Gasteiger partial charge in [-0.05, 0) is 48.4 Å². The van der Waals surface area contributed by atoms with Crippen LogP contribution in [0.1, 0.15) is 37.4 Å². The topological polar surface area (TPSA) is 117 Å². The number of hydrazone groups is 1. The van der Waals surface area contributed by atoms with Crippen LogP contribution in [-0.4, -0.2) is 32.8 Å². The number of carbonyl (C=O) groups is 2. The first kappa shape index (κ1) is 24.8. The molecule has 0 fully saturated rings. The van der Waals surface area contributed by atoms with E-state index in [1.165, 1.54) is 11.3 Å². The molecule has 1 aromatic carbocycles. The highest BCUT2D eigenvalue weighted by Crippen LogP contribution is 2.40. The standard InChI is InChI=1S/C23H17Cl2N5O3S2/c1-12(15-11-34-21(20(15)31)14-2-3-16(24)17(25)8-14)29-30-23(33)19-5-4-18(35-19)22(32)26-9-13-6-7-27-28-10-13/h2-8,10-11,31H,9H2,1H3,(H,26,32)(H,30,33)/b29-12+. The molecule has 0 aliphatic rings. The minimum atomic E-state index is -0.467. The zero-order valence-electron chi connectivity index (χ0n) is 18.1. The van der Waals surface area contributed by atoms with Crippen molar-refractivity contribution in [1.29, 1.82) is 0 Å². The molecule has 0 bridgehead atoms. The van der Waals surface area contributed by atoms with Crippen molar-refractivity contribution in [1.82, 2.24) is 20.9 Å². The molecule has 12 heteroatoms. The predicted octanol–water partition coefficient (Wildman–Crippen LogP) is 5.36. The van der Waals surface area contributed by atoms with Crippen molar-refractivity contribution in [3.63, 3.8) is 0 Å². The van der Waals surface area contributed by atoms with Crippen molar-refractivity contribution in [2.45, 2.75) is 13.5 Å². The van der Waals surface area contributed by atoms with Gasteiger partial charge in [-0.2, -0.15) is 15.3 Å². The summed E-state index contributed by atoms with van der Waals surface area (Å²) in [6.45, 7) is 1.97. The molecule has 0 aliphatic carbocycles. The smallest absolute Gasteiger partial charge is 0.281 e. The van der Waals surface area contributed by atoms with Gasteiger partial charge in [0.25, 0.3) is 11.8 Å². The van der Waals surface area contributed by atoms with Crippen LogP contribution in [0.4, 0.5) is 0 Å². The summed E-state index contributed by atoms with van der Waals surface area (Å²) in [5, 5.41) is 27.6. The van der Waals surface area contributed by atoms with Crippen LogP contribution in [0.3, 0.4) is 0 Å². The Morgan fingerprint density at radius 3 is 2.54 bits per heavy atom. The number of hydrogen-bond donors (Lipinski definition) is 3. The molecule has 0 atom stereocenters. The minimum Gasteiger partial charge on any atom is -0.506 e. The molecule has 4 aromatic rings. The van der Waals surface area contributed by atoms with Crippen molar-refractivity contribution in [3.05, 3.63) is 85.1 Å². The third kappa shape index (κ3) is 5.85. The van der Waals surface area contributed by atoms with Crippen molar-refractivity contribution >= 4 is 63.4 Å². The number of nitrogens with one attached hydrogen (secondary N) is 2. The lowest BCUT2D eigenvalue weighted by Crippen LogP contribution is -2.22. The molecule has 0 saturated heterocycles. The Kier molecular flexibility index (Phi) is 7.76. The second kappa shape index (κ2) is 11.0. The maximum absolute atomic E-state index is 12.5. The van der Waals surface area contributed by atoms with Crippen LogP contribution in [0.5, 0.6) is 5.75 Å². The molecule has 0 unspecified atom stereocenters. The second-order valence-corrected chi connectivity index (χ2v) is 9.97. The van der Waals surface area contributed by atoms with E-state index in [4.69, 9.17) is 23.2 Å². The summed E-state index contributed by atoms with van der Waals surface area (Å²) in [5.41, 5.74) is 4.89. The number of hydrogen-bond acceptors (Lipinski definition) is 8. The number of aromatic nitrogens is 2. The van der Waals surface area contributed by atoms with Crippen LogP contribution in [0.15, 0.2) is 59.3 Å². The largest absolute Gasteiger partial charge is 0.506 e. The third-order valence-corrected chi connectivity index (χ3v) is 7.65. The van der Waals surface area contributed by atoms with Crippen molar-refractivity contribution in [2.24, 2.45) is 5.10 Å². The van der Waals surface area contributed by atoms with Crippen LogP contribution in [0.2, 0.25) is 10.0 Å². The Hall–Kier alpha value is -3.31. The van der Waals surface area contributed by atoms with Gasteiger partial charge in [0.15, 0.2) is 0 Å². The fourth-order valence-corrected chi connectivity index (χ4v) is 5.09. The predicted molar refractivity (Wildman–Crippen MR) is 139 cm³/mol. The molecule has 3 aromatic heterocycles. The lowest BCUT2D eigenvalue weighted by molar-refractivity contribution is 0.0950. The zero-order valence-corrected chi connectivity index (χ0v) is 21.2. The van der Waals surface area contributed by atoms with Gasteiger partial charge in [0.2, 0.25) is 0 Å². The van der Waals surface area contributed by atoms with E-state index in [1.807, 2.05) is 0 Å². The molecular weight excluding hydrogens is 529 g/mol. The molecule has 3 heterocycles. The number of rotatable bonds is 7. The Bertz CT molecular complexity index is 1420. The summed E-state index contributed by atoms with van der Waals surface area (Å²) >= 11 is 14.4. The van der Waals surface area contributed by atoms with Gasteiger partial charge in [-0.15, -0.1) is 22.7 Å². The number of amides is 2. The van der Waals surface area contributed by atoms with E-state index < -0.39 is 5.91 Å². The Labute approximate surface area is 218 Å². The fraction of sp³-hybridized carbons (Fsp3) is 0.0870. The summed E-state index contributed by atoms with van der Waals surface area (Å²) in [4.78, 5) is 26.2. The van der Waals surface area contributed by atoms with E-state index in [2.05, 4.69) is 26.0 Å². The molecule has 0 aliphatic heterocycles. The van der Waals surface area contributed by atoms with E-state index in [9.17, 15) is 14.7 Å². The van der Waals surface area contributed by atoms with Crippen LogP contribution >= 0.6 is 45.9 Å². The molecule has 8 nitrogen and oxygen atoms in total. The molecule has 0 saturated carbocycles. The Balaban J connectivity index is 1.40. The summed E-state index contributed by atoms with van der Waals surface area (Å²) in [5.74, 6) is -0.738. The highest BCUT2D eigenvalue weighted by atomic mass is 35.5. The Morgan fingerprint density at radius 1 is 1.06 bits per heavy atom. The first-order chi connectivity index (χ1) is 16.8. The quantitative estimate of drug-likeness (QED) is 0.213. The number of carbonyl (C=O) groups excluding carboxylic acids is 2.